The summed E-state index contributed by atoms with van der Waals surface area (Å²) in [7, 11) is 1.32. The van der Waals surface area contributed by atoms with Crippen molar-refractivity contribution in [1.82, 2.24) is 5.32 Å². The van der Waals surface area contributed by atoms with Crippen molar-refractivity contribution in [2.24, 2.45) is 0 Å². The molecule has 3 rings (SSSR count). The smallest absolute Gasteiger partial charge is 0.337 e. The van der Waals surface area contributed by atoms with Crippen LogP contribution in [-0.2, 0) is 9.53 Å². The third-order valence-corrected chi connectivity index (χ3v) is 3.92. The lowest BCUT2D eigenvalue weighted by Crippen LogP contribution is -2.17. The average Bonchev–Trinajstić information content (AvgIpc) is 3.14. The third kappa shape index (κ3) is 3.19. The van der Waals surface area contributed by atoms with Gasteiger partial charge in [0.25, 0.3) is 11.1 Å². The number of rotatable bonds is 3. The van der Waals surface area contributed by atoms with Crippen LogP contribution in [0.5, 0.6) is 0 Å². The Kier molecular flexibility index (Phi) is 4.03. The van der Waals surface area contributed by atoms with Crippen LogP contribution in [0, 0.1) is 0 Å². The van der Waals surface area contributed by atoms with Crippen molar-refractivity contribution in [1.29, 1.82) is 0 Å². The van der Waals surface area contributed by atoms with Gasteiger partial charge in [-0.1, -0.05) is 12.1 Å². The lowest BCUT2D eigenvalue weighted by Gasteiger charge is -2.01. The molecule has 1 aromatic carbocycles. The molecule has 0 bridgehead atoms. The van der Waals surface area contributed by atoms with E-state index in [2.05, 4.69) is 10.1 Å². The molecule has 0 spiro atoms. The van der Waals surface area contributed by atoms with Crippen molar-refractivity contribution in [3.05, 3.63) is 52.6 Å². The van der Waals surface area contributed by atoms with Gasteiger partial charge in [0.2, 0.25) is 0 Å². The van der Waals surface area contributed by atoms with Crippen LogP contribution in [0.3, 0.4) is 0 Å². The Morgan fingerprint density at radius 1 is 1.26 bits per heavy atom. The van der Waals surface area contributed by atoms with Gasteiger partial charge in [-0.2, -0.15) is 0 Å². The Morgan fingerprint density at radius 3 is 2.78 bits per heavy atom. The van der Waals surface area contributed by atoms with Crippen molar-refractivity contribution in [3.8, 4) is 11.3 Å². The first-order chi connectivity index (χ1) is 11.1. The molecule has 1 aliphatic heterocycles. The zero-order chi connectivity index (χ0) is 16.4. The molecule has 23 heavy (non-hydrogen) atoms. The molecule has 0 aliphatic carbocycles. The highest BCUT2D eigenvalue weighted by Gasteiger charge is 2.25. The van der Waals surface area contributed by atoms with Gasteiger partial charge < -0.3 is 9.15 Å². The fraction of sp³-hybridized carbons (Fsp3) is 0.0625. The number of nitrogens with one attached hydrogen (secondary N) is 1. The molecule has 1 fully saturated rings. The van der Waals surface area contributed by atoms with E-state index in [0.717, 1.165) is 11.8 Å². The molecule has 1 aliphatic rings. The van der Waals surface area contributed by atoms with Gasteiger partial charge in [0.15, 0.2) is 0 Å². The van der Waals surface area contributed by atoms with Crippen LogP contribution in [0.2, 0.25) is 0 Å². The largest absolute Gasteiger partial charge is 0.465 e. The van der Waals surface area contributed by atoms with Gasteiger partial charge in [0.1, 0.15) is 11.5 Å². The van der Waals surface area contributed by atoms with E-state index < -0.39 is 17.1 Å². The van der Waals surface area contributed by atoms with Crippen LogP contribution in [0.25, 0.3) is 17.4 Å². The highest BCUT2D eigenvalue weighted by atomic mass is 32.2. The van der Waals surface area contributed by atoms with E-state index in [1.807, 2.05) is 0 Å². The Balaban J connectivity index is 1.88. The first-order valence-electron chi connectivity index (χ1n) is 6.60. The Bertz CT molecular complexity index is 837. The van der Waals surface area contributed by atoms with Crippen molar-refractivity contribution in [2.45, 2.75) is 0 Å². The standard InChI is InChI=1S/C16H11NO5S/c1-21-15(19)10-4-2-3-9(7-10)12-6-5-11(22-12)8-13-14(18)17-16(20)23-13/h2-8H,1H3,(H,17,18,20)/b13-8+. The number of hydrogen-bond acceptors (Lipinski definition) is 6. The summed E-state index contributed by atoms with van der Waals surface area (Å²) in [4.78, 5) is 34.5. The summed E-state index contributed by atoms with van der Waals surface area (Å²) in [5, 5.41) is 1.77. The minimum atomic E-state index is -0.439. The summed E-state index contributed by atoms with van der Waals surface area (Å²) in [5.41, 5.74) is 1.12. The topological polar surface area (TPSA) is 85.6 Å². The summed E-state index contributed by atoms with van der Waals surface area (Å²) in [5.74, 6) is 0.108. The summed E-state index contributed by atoms with van der Waals surface area (Å²) in [6, 6.07) is 10.2. The van der Waals surface area contributed by atoms with Crippen LogP contribution >= 0.6 is 11.8 Å². The predicted octanol–water partition coefficient (Wildman–Crippen LogP) is 3.06. The van der Waals surface area contributed by atoms with Gasteiger partial charge in [0.05, 0.1) is 17.6 Å². The summed E-state index contributed by atoms with van der Waals surface area (Å²) in [6.45, 7) is 0. The molecular weight excluding hydrogens is 318 g/mol. The molecule has 0 atom stereocenters. The fourth-order valence-corrected chi connectivity index (χ4v) is 2.72. The van der Waals surface area contributed by atoms with E-state index in [-0.39, 0.29) is 4.91 Å². The molecular formula is C16H11NO5S. The molecule has 2 amide bonds. The maximum absolute atomic E-state index is 11.6. The summed E-state index contributed by atoms with van der Waals surface area (Å²) >= 11 is 0.823. The van der Waals surface area contributed by atoms with Crippen molar-refractivity contribution >= 4 is 35.0 Å². The second-order valence-corrected chi connectivity index (χ2v) is 5.64. The van der Waals surface area contributed by atoms with Gasteiger partial charge >= 0.3 is 5.97 Å². The molecule has 1 N–H and O–H groups in total. The number of methoxy groups -OCH3 is 1. The van der Waals surface area contributed by atoms with E-state index in [0.29, 0.717) is 22.6 Å². The van der Waals surface area contributed by atoms with E-state index >= 15 is 0 Å². The van der Waals surface area contributed by atoms with Gasteiger partial charge in [0, 0.05) is 11.6 Å². The normalized spacial score (nSPS) is 15.8. The second-order valence-electron chi connectivity index (χ2n) is 4.63. The third-order valence-electron chi connectivity index (χ3n) is 3.11. The zero-order valence-corrected chi connectivity index (χ0v) is 12.8. The number of ether oxygens (including phenoxy) is 1. The Hall–Kier alpha value is -2.80. The zero-order valence-electron chi connectivity index (χ0n) is 12.0. The quantitative estimate of drug-likeness (QED) is 0.688. The maximum atomic E-state index is 11.6. The Labute approximate surface area is 135 Å². The second kappa shape index (κ2) is 6.13. The molecule has 116 valence electrons. The number of thioether (sulfide) groups is 1. The molecule has 6 nitrogen and oxygen atoms in total. The first kappa shape index (κ1) is 15.1. The lowest BCUT2D eigenvalue weighted by atomic mass is 10.1. The number of furan rings is 1. The molecule has 2 aromatic rings. The van der Waals surface area contributed by atoms with Gasteiger partial charge in [-0.3, -0.25) is 14.9 Å². The lowest BCUT2D eigenvalue weighted by molar-refractivity contribution is -0.115. The molecule has 1 saturated heterocycles. The first-order valence-corrected chi connectivity index (χ1v) is 7.42. The molecule has 0 unspecified atom stereocenters. The van der Waals surface area contributed by atoms with Crippen LogP contribution in [-0.4, -0.2) is 24.2 Å². The fourth-order valence-electron chi connectivity index (χ4n) is 2.05. The van der Waals surface area contributed by atoms with Gasteiger partial charge in [-0.05, 0) is 36.0 Å². The van der Waals surface area contributed by atoms with E-state index in [4.69, 9.17) is 4.42 Å². The SMILES string of the molecule is COC(=O)c1cccc(-c2ccc(/C=C3/SC(=O)NC3=O)o2)c1. The summed E-state index contributed by atoms with van der Waals surface area (Å²) < 4.78 is 10.3. The highest BCUT2D eigenvalue weighted by molar-refractivity contribution is 8.18. The van der Waals surface area contributed by atoms with Crippen LogP contribution < -0.4 is 5.32 Å². The number of esters is 1. The molecule has 1 aromatic heterocycles. The number of hydrogen-bond donors (Lipinski definition) is 1. The molecule has 0 radical (unpaired) electrons. The molecule has 0 saturated carbocycles. The molecule has 7 heteroatoms. The monoisotopic (exact) mass is 329 g/mol. The van der Waals surface area contributed by atoms with E-state index in [1.54, 1.807) is 36.4 Å². The van der Waals surface area contributed by atoms with Crippen LogP contribution in [0.15, 0.2) is 45.7 Å². The highest BCUT2D eigenvalue weighted by Crippen LogP contribution is 2.28. The van der Waals surface area contributed by atoms with Crippen LogP contribution in [0.4, 0.5) is 4.79 Å². The van der Waals surface area contributed by atoms with E-state index in [1.165, 1.54) is 13.2 Å². The number of amides is 2. The van der Waals surface area contributed by atoms with Gasteiger partial charge in [-0.15, -0.1) is 0 Å². The van der Waals surface area contributed by atoms with E-state index in [9.17, 15) is 14.4 Å². The number of benzene rings is 1. The molecule has 2 heterocycles. The summed E-state index contributed by atoms with van der Waals surface area (Å²) in [6.07, 6.45) is 1.50. The van der Waals surface area contributed by atoms with Crippen molar-refractivity contribution in [3.63, 3.8) is 0 Å². The predicted molar refractivity (Wildman–Crippen MR) is 84.6 cm³/mol. The van der Waals surface area contributed by atoms with Crippen molar-refractivity contribution < 1.29 is 23.5 Å². The Morgan fingerprint density at radius 2 is 2.09 bits per heavy atom. The van der Waals surface area contributed by atoms with Gasteiger partial charge in [-0.25, -0.2) is 4.79 Å². The minimum Gasteiger partial charge on any atom is -0.465 e. The maximum Gasteiger partial charge on any atom is 0.337 e. The number of carbonyl (C=O) groups is 3. The minimum absolute atomic E-state index is 0.277. The van der Waals surface area contributed by atoms with Crippen molar-refractivity contribution in [2.75, 3.05) is 7.11 Å². The van der Waals surface area contributed by atoms with Crippen LogP contribution in [0.1, 0.15) is 16.1 Å². The number of imide groups is 1. The number of carbonyl (C=O) groups excluding carboxylic acids is 3. The average molecular weight is 329 g/mol.